The third-order valence-corrected chi connectivity index (χ3v) is 6.76. The predicted octanol–water partition coefficient (Wildman–Crippen LogP) is 5.02. The minimum Gasteiger partial charge on any atom is -0.469 e. The molecule has 0 unspecified atom stereocenters. The van der Waals surface area contributed by atoms with E-state index in [1.807, 2.05) is 36.0 Å². The number of thioether (sulfide) groups is 1. The molecule has 28 heavy (non-hydrogen) atoms. The fourth-order valence-electron chi connectivity index (χ4n) is 3.69. The summed E-state index contributed by atoms with van der Waals surface area (Å²) in [4.78, 5) is 26.0. The highest BCUT2D eigenvalue weighted by molar-refractivity contribution is 7.99. The highest BCUT2D eigenvalue weighted by Gasteiger charge is 2.24. The maximum Gasteiger partial charge on any atom is 0.305 e. The summed E-state index contributed by atoms with van der Waals surface area (Å²) in [6, 6.07) is 7.86. The number of nitrogens with zero attached hydrogens (tertiary/aromatic N) is 1. The van der Waals surface area contributed by atoms with Gasteiger partial charge in [0.05, 0.1) is 7.11 Å². The molecule has 5 nitrogen and oxygen atoms in total. The van der Waals surface area contributed by atoms with Gasteiger partial charge in [-0.3, -0.25) is 9.59 Å². The Hall–Kier alpha value is -1.95. The largest absolute Gasteiger partial charge is 0.469 e. The van der Waals surface area contributed by atoms with Crippen molar-refractivity contribution in [2.75, 3.05) is 20.7 Å². The van der Waals surface area contributed by atoms with Crippen molar-refractivity contribution in [2.45, 2.75) is 55.9 Å². The molecule has 2 aromatic rings. The summed E-state index contributed by atoms with van der Waals surface area (Å²) in [5.41, 5.74) is 1.75. The van der Waals surface area contributed by atoms with E-state index in [-0.39, 0.29) is 11.9 Å². The molecule has 0 aliphatic heterocycles. The maximum absolute atomic E-state index is 13.0. The predicted molar refractivity (Wildman–Crippen MR) is 113 cm³/mol. The smallest absolute Gasteiger partial charge is 0.305 e. The van der Waals surface area contributed by atoms with Crippen LogP contribution in [0.15, 0.2) is 28.7 Å². The Morgan fingerprint density at radius 1 is 1.21 bits per heavy atom. The minimum atomic E-state index is -0.255. The molecule has 3 rings (SSSR count). The van der Waals surface area contributed by atoms with E-state index < -0.39 is 0 Å². The molecule has 1 amide bonds. The molecule has 1 fully saturated rings. The van der Waals surface area contributed by atoms with Gasteiger partial charge in [-0.1, -0.05) is 37.5 Å². The van der Waals surface area contributed by atoms with Gasteiger partial charge in [0.2, 0.25) is 0 Å². The van der Waals surface area contributed by atoms with Gasteiger partial charge in [-0.15, -0.1) is 0 Å². The molecule has 0 N–H and O–H groups in total. The maximum atomic E-state index is 13.0. The summed E-state index contributed by atoms with van der Waals surface area (Å²) >= 11 is 1.95. The van der Waals surface area contributed by atoms with Crippen LogP contribution in [0.1, 0.15) is 61.1 Å². The summed E-state index contributed by atoms with van der Waals surface area (Å²) in [6.45, 7) is 0.486. The SMILES string of the molecule is COC(=O)CCCN(C)C(=O)c1oc2ccccc2c1CSC1CCCCC1. The number of hydrogen-bond acceptors (Lipinski definition) is 5. The highest BCUT2D eigenvalue weighted by atomic mass is 32.2. The van der Waals surface area contributed by atoms with E-state index in [0.29, 0.717) is 30.4 Å². The van der Waals surface area contributed by atoms with Crippen molar-refractivity contribution >= 4 is 34.6 Å². The van der Waals surface area contributed by atoms with E-state index in [0.717, 1.165) is 22.3 Å². The number of rotatable bonds is 8. The number of carbonyl (C=O) groups excluding carboxylic acids is 2. The quantitative estimate of drug-likeness (QED) is 0.579. The second-order valence-corrected chi connectivity index (χ2v) is 8.67. The van der Waals surface area contributed by atoms with Crippen molar-refractivity contribution in [3.05, 3.63) is 35.6 Å². The number of furan rings is 1. The van der Waals surface area contributed by atoms with Crippen LogP contribution in [0.5, 0.6) is 0 Å². The molecule has 6 heteroatoms. The number of esters is 1. The fourth-order valence-corrected chi connectivity index (χ4v) is 5.04. The third kappa shape index (κ3) is 5.10. The first kappa shape index (κ1) is 20.8. The van der Waals surface area contributed by atoms with Gasteiger partial charge in [0.15, 0.2) is 5.76 Å². The van der Waals surface area contributed by atoms with Crippen LogP contribution in [-0.4, -0.2) is 42.7 Å². The summed E-state index contributed by atoms with van der Waals surface area (Å²) in [5.74, 6) is 0.846. The van der Waals surface area contributed by atoms with E-state index in [4.69, 9.17) is 4.42 Å². The van der Waals surface area contributed by atoms with Crippen LogP contribution in [-0.2, 0) is 15.3 Å². The third-order valence-electron chi connectivity index (χ3n) is 5.36. The molecule has 0 saturated heterocycles. The molecule has 0 atom stereocenters. The van der Waals surface area contributed by atoms with Gasteiger partial charge >= 0.3 is 5.97 Å². The molecule has 1 aromatic carbocycles. The number of carbonyl (C=O) groups is 2. The van der Waals surface area contributed by atoms with Crippen LogP contribution in [0.2, 0.25) is 0 Å². The van der Waals surface area contributed by atoms with E-state index in [2.05, 4.69) is 4.74 Å². The molecule has 1 aliphatic rings. The zero-order valence-electron chi connectivity index (χ0n) is 16.7. The van der Waals surface area contributed by atoms with E-state index in [1.165, 1.54) is 39.2 Å². The van der Waals surface area contributed by atoms with Crippen molar-refractivity contribution < 1.29 is 18.7 Å². The normalized spacial score (nSPS) is 14.9. The van der Waals surface area contributed by atoms with Crippen molar-refractivity contribution in [2.24, 2.45) is 0 Å². The molecule has 0 spiro atoms. The zero-order chi connectivity index (χ0) is 19.9. The van der Waals surface area contributed by atoms with Crippen LogP contribution in [0, 0.1) is 0 Å². The van der Waals surface area contributed by atoms with Gasteiger partial charge < -0.3 is 14.1 Å². The number of para-hydroxylation sites is 1. The van der Waals surface area contributed by atoms with Crippen molar-refractivity contribution in [3.8, 4) is 0 Å². The summed E-state index contributed by atoms with van der Waals surface area (Å²) in [7, 11) is 3.13. The molecular weight excluding hydrogens is 374 g/mol. The van der Waals surface area contributed by atoms with Crippen LogP contribution in [0.4, 0.5) is 0 Å². The molecule has 1 saturated carbocycles. The standard InChI is InChI=1S/C22H29NO4S/c1-23(14-8-13-20(24)26-2)22(25)21-18(15-28-16-9-4-3-5-10-16)17-11-6-7-12-19(17)27-21/h6-7,11-12,16H,3-5,8-10,13-15H2,1-2H3. The Kier molecular flexibility index (Phi) is 7.43. The molecule has 1 aromatic heterocycles. The average molecular weight is 404 g/mol. The number of benzene rings is 1. The van der Waals surface area contributed by atoms with Crippen molar-refractivity contribution in [3.63, 3.8) is 0 Å². The van der Waals surface area contributed by atoms with Crippen molar-refractivity contribution in [1.29, 1.82) is 0 Å². The van der Waals surface area contributed by atoms with E-state index in [9.17, 15) is 9.59 Å². The Morgan fingerprint density at radius 2 is 1.96 bits per heavy atom. The lowest BCUT2D eigenvalue weighted by atomic mass is 10.0. The zero-order valence-corrected chi connectivity index (χ0v) is 17.6. The summed E-state index contributed by atoms with van der Waals surface area (Å²) in [5, 5.41) is 1.69. The van der Waals surface area contributed by atoms with Gasteiger partial charge in [0.1, 0.15) is 5.58 Å². The number of hydrogen-bond donors (Lipinski definition) is 0. The van der Waals surface area contributed by atoms with Gasteiger partial charge in [-0.2, -0.15) is 11.8 Å². The highest BCUT2D eigenvalue weighted by Crippen LogP contribution is 2.35. The van der Waals surface area contributed by atoms with Gasteiger partial charge in [-0.25, -0.2) is 0 Å². The van der Waals surface area contributed by atoms with Crippen LogP contribution < -0.4 is 0 Å². The Morgan fingerprint density at radius 3 is 2.71 bits per heavy atom. The first-order chi connectivity index (χ1) is 13.6. The Bertz CT molecular complexity index is 810. The first-order valence-corrected chi connectivity index (χ1v) is 11.1. The molecule has 0 bridgehead atoms. The summed E-state index contributed by atoms with van der Waals surface area (Å²) in [6.07, 6.45) is 7.34. The topological polar surface area (TPSA) is 59.8 Å². The lowest BCUT2D eigenvalue weighted by Gasteiger charge is -2.21. The van der Waals surface area contributed by atoms with Gasteiger partial charge in [0, 0.05) is 42.0 Å². The van der Waals surface area contributed by atoms with Crippen molar-refractivity contribution in [1.82, 2.24) is 4.90 Å². The number of ether oxygens (including phenoxy) is 1. The molecule has 1 heterocycles. The van der Waals surface area contributed by atoms with Crippen LogP contribution in [0.25, 0.3) is 11.0 Å². The lowest BCUT2D eigenvalue weighted by Crippen LogP contribution is -2.28. The molecule has 0 radical (unpaired) electrons. The fraction of sp³-hybridized carbons (Fsp3) is 0.545. The second kappa shape index (κ2) is 10.0. The Labute approximate surface area is 170 Å². The van der Waals surface area contributed by atoms with Crippen LogP contribution in [0.3, 0.4) is 0 Å². The second-order valence-electron chi connectivity index (χ2n) is 7.38. The summed E-state index contributed by atoms with van der Waals surface area (Å²) < 4.78 is 10.6. The van der Waals surface area contributed by atoms with Gasteiger partial charge in [-0.05, 0) is 25.3 Å². The molecular formula is C22H29NO4S. The number of amides is 1. The monoisotopic (exact) mass is 403 g/mol. The first-order valence-electron chi connectivity index (χ1n) is 10.0. The molecule has 152 valence electrons. The van der Waals surface area contributed by atoms with E-state index in [1.54, 1.807) is 11.9 Å². The average Bonchev–Trinajstić information content (AvgIpc) is 3.10. The number of methoxy groups -OCH3 is 1. The van der Waals surface area contributed by atoms with Gasteiger partial charge in [0.25, 0.3) is 5.91 Å². The molecule has 1 aliphatic carbocycles. The van der Waals surface area contributed by atoms with Crippen LogP contribution >= 0.6 is 11.8 Å². The van der Waals surface area contributed by atoms with E-state index >= 15 is 0 Å². The Balaban J connectivity index is 1.73. The minimum absolute atomic E-state index is 0.125. The number of fused-ring (bicyclic) bond motifs is 1. The lowest BCUT2D eigenvalue weighted by molar-refractivity contribution is -0.140.